The Kier molecular flexibility index (Phi) is 5.02. The minimum Gasteiger partial charge on any atom is -0.463 e. The molecule has 8 nitrogen and oxygen atoms in total. The quantitative estimate of drug-likeness (QED) is 0.533. The minimum atomic E-state index is -1.16. The van der Waals surface area contributed by atoms with E-state index in [0.717, 1.165) is 0 Å². The molecule has 0 saturated heterocycles. The summed E-state index contributed by atoms with van der Waals surface area (Å²) in [6.45, 7) is 1.77. The van der Waals surface area contributed by atoms with Crippen LogP contribution in [0.5, 0.6) is 0 Å². The molecule has 1 unspecified atom stereocenters. The highest BCUT2D eigenvalue weighted by Crippen LogP contribution is 2.30. The number of benzene rings is 1. The van der Waals surface area contributed by atoms with Gasteiger partial charge >= 0.3 is 0 Å². The normalized spacial score (nSPS) is 12.1. The number of carbonyl (C=O) groups is 2. The molecule has 0 aliphatic carbocycles. The van der Waals surface area contributed by atoms with Gasteiger partial charge in [0.25, 0.3) is 5.91 Å². The van der Waals surface area contributed by atoms with Gasteiger partial charge in [-0.15, -0.1) is 0 Å². The molecule has 0 saturated carbocycles. The maximum Gasteiger partial charge on any atom is 0.255 e. The fourth-order valence-corrected chi connectivity index (χ4v) is 3.73. The first-order valence-electron chi connectivity index (χ1n) is 9.48. The van der Waals surface area contributed by atoms with Crippen molar-refractivity contribution in [2.75, 3.05) is 7.05 Å². The Balaban J connectivity index is 1.87. The van der Waals surface area contributed by atoms with Crippen molar-refractivity contribution < 1.29 is 18.4 Å². The molecular formula is C22H20FN5O3. The zero-order valence-electron chi connectivity index (χ0n) is 17.2. The number of amides is 2. The third-order valence-electron chi connectivity index (χ3n) is 5.11. The number of pyridine rings is 1. The second-order valence-electron chi connectivity index (χ2n) is 7.22. The number of halogens is 1. The average molecular weight is 421 g/mol. The summed E-state index contributed by atoms with van der Waals surface area (Å²) in [6, 6.07) is 9.34. The molecule has 2 N–H and O–H groups in total. The van der Waals surface area contributed by atoms with E-state index >= 15 is 0 Å². The van der Waals surface area contributed by atoms with Gasteiger partial charge in [-0.25, -0.2) is 9.37 Å². The predicted octanol–water partition coefficient (Wildman–Crippen LogP) is 2.97. The molecule has 2 amide bonds. The van der Waals surface area contributed by atoms with Gasteiger partial charge in [0.2, 0.25) is 5.91 Å². The van der Waals surface area contributed by atoms with Crippen LogP contribution in [0, 0.1) is 12.7 Å². The topological polar surface area (TPSA) is 107 Å². The van der Waals surface area contributed by atoms with E-state index in [1.54, 1.807) is 42.9 Å². The Morgan fingerprint density at radius 3 is 2.65 bits per heavy atom. The summed E-state index contributed by atoms with van der Waals surface area (Å²) >= 11 is 0. The average Bonchev–Trinajstić information content (AvgIpc) is 3.35. The van der Waals surface area contributed by atoms with E-state index in [1.165, 1.54) is 36.4 Å². The van der Waals surface area contributed by atoms with Gasteiger partial charge in [-0.3, -0.25) is 14.3 Å². The van der Waals surface area contributed by atoms with E-state index in [1.807, 2.05) is 0 Å². The van der Waals surface area contributed by atoms with Gasteiger partial charge in [0, 0.05) is 14.1 Å². The molecule has 3 heterocycles. The molecule has 0 spiro atoms. The number of aromatic nitrogens is 3. The second-order valence-corrected chi connectivity index (χ2v) is 7.22. The predicted molar refractivity (Wildman–Crippen MR) is 111 cm³/mol. The number of aryl methyl sites for hydroxylation is 2. The first kappa shape index (κ1) is 20.3. The molecule has 0 aliphatic rings. The van der Waals surface area contributed by atoms with E-state index in [0.29, 0.717) is 28.2 Å². The van der Waals surface area contributed by atoms with Crippen LogP contribution in [0.1, 0.15) is 27.7 Å². The van der Waals surface area contributed by atoms with Gasteiger partial charge in [0.05, 0.1) is 22.9 Å². The van der Waals surface area contributed by atoms with Gasteiger partial charge in [-0.1, -0.05) is 12.1 Å². The highest BCUT2D eigenvalue weighted by atomic mass is 19.1. The summed E-state index contributed by atoms with van der Waals surface area (Å²) in [5.74, 6) is -1.31. The molecular weight excluding hydrogens is 401 g/mol. The molecule has 31 heavy (non-hydrogen) atoms. The summed E-state index contributed by atoms with van der Waals surface area (Å²) < 4.78 is 20.8. The minimum absolute atomic E-state index is 0.280. The van der Waals surface area contributed by atoms with Crippen molar-refractivity contribution in [1.29, 1.82) is 0 Å². The molecule has 4 rings (SSSR count). The van der Waals surface area contributed by atoms with Crippen LogP contribution in [0.25, 0.3) is 22.5 Å². The Hall–Kier alpha value is -4.01. The van der Waals surface area contributed by atoms with Crippen LogP contribution >= 0.6 is 0 Å². The lowest BCUT2D eigenvalue weighted by Crippen LogP contribution is -2.39. The van der Waals surface area contributed by atoms with Crippen LogP contribution in [0.2, 0.25) is 0 Å². The highest BCUT2D eigenvalue weighted by Gasteiger charge is 2.30. The number of nitrogens with zero attached hydrogens (tertiary/aromatic N) is 4. The molecule has 9 heteroatoms. The maximum absolute atomic E-state index is 13.8. The summed E-state index contributed by atoms with van der Waals surface area (Å²) in [6.07, 6.45) is 1.51. The number of likely N-dealkylation sites (N-methyl/N-ethyl adjacent to an activating group) is 1. The molecule has 0 radical (unpaired) electrons. The number of rotatable bonds is 5. The number of hydrogen-bond acceptors (Lipinski definition) is 5. The Morgan fingerprint density at radius 1 is 1.23 bits per heavy atom. The van der Waals surface area contributed by atoms with Crippen molar-refractivity contribution in [2.45, 2.75) is 13.0 Å². The molecule has 0 bridgehead atoms. The standard InChI is InChI=1S/C22H20FN5O3/c1-12-18-15(11-16(17-8-5-9-31-17)25-21(18)28(3)26-12)22(30)27(2)19(20(24)29)13-6-4-7-14(23)10-13/h4-11,19H,1-3H3,(H2,24,29). The number of nitrogens with two attached hydrogens (primary N) is 1. The van der Waals surface area contributed by atoms with E-state index in [-0.39, 0.29) is 11.1 Å². The van der Waals surface area contributed by atoms with E-state index in [2.05, 4.69) is 10.1 Å². The second kappa shape index (κ2) is 7.67. The molecule has 1 atom stereocenters. The highest BCUT2D eigenvalue weighted by molar-refractivity contribution is 6.08. The van der Waals surface area contributed by atoms with Gasteiger partial charge in [0.1, 0.15) is 17.6 Å². The monoisotopic (exact) mass is 421 g/mol. The summed E-state index contributed by atoms with van der Waals surface area (Å²) in [5.41, 5.74) is 7.69. The fourth-order valence-electron chi connectivity index (χ4n) is 3.73. The van der Waals surface area contributed by atoms with Crippen LogP contribution in [0.3, 0.4) is 0 Å². The SMILES string of the molecule is Cc1nn(C)c2nc(-c3ccco3)cc(C(=O)N(C)C(C(N)=O)c3cccc(F)c3)c12. The molecule has 0 fully saturated rings. The van der Waals surface area contributed by atoms with Gasteiger partial charge in [0.15, 0.2) is 11.4 Å². The van der Waals surface area contributed by atoms with Crippen molar-refractivity contribution in [3.05, 3.63) is 71.4 Å². The number of carbonyl (C=O) groups excluding carboxylic acids is 2. The van der Waals surface area contributed by atoms with Crippen LogP contribution in [0.4, 0.5) is 4.39 Å². The van der Waals surface area contributed by atoms with Crippen molar-refractivity contribution in [3.63, 3.8) is 0 Å². The number of primary amides is 1. The third-order valence-corrected chi connectivity index (χ3v) is 5.11. The molecule has 1 aromatic carbocycles. The zero-order chi connectivity index (χ0) is 22.3. The van der Waals surface area contributed by atoms with Crippen molar-refractivity contribution in [3.8, 4) is 11.5 Å². The Labute approximate surface area is 177 Å². The van der Waals surface area contributed by atoms with E-state index in [4.69, 9.17) is 10.2 Å². The number of hydrogen-bond donors (Lipinski definition) is 1. The van der Waals surface area contributed by atoms with Crippen LogP contribution < -0.4 is 5.73 Å². The lowest BCUT2D eigenvalue weighted by atomic mass is 10.0. The lowest BCUT2D eigenvalue weighted by molar-refractivity contribution is -0.122. The van der Waals surface area contributed by atoms with Gasteiger partial charge in [-0.05, 0) is 42.8 Å². The fraction of sp³-hybridized carbons (Fsp3) is 0.182. The van der Waals surface area contributed by atoms with Crippen molar-refractivity contribution in [1.82, 2.24) is 19.7 Å². The van der Waals surface area contributed by atoms with Gasteiger partial charge < -0.3 is 15.1 Å². The van der Waals surface area contributed by atoms with Gasteiger partial charge in [-0.2, -0.15) is 5.10 Å². The molecule has 4 aromatic rings. The molecule has 0 aliphatic heterocycles. The zero-order valence-corrected chi connectivity index (χ0v) is 17.2. The largest absolute Gasteiger partial charge is 0.463 e. The molecule has 158 valence electrons. The van der Waals surface area contributed by atoms with Crippen LogP contribution in [0.15, 0.2) is 53.1 Å². The number of furan rings is 1. The summed E-state index contributed by atoms with van der Waals surface area (Å²) in [5, 5.41) is 4.93. The molecule has 3 aromatic heterocycles. The first-order chi connectivity index (χ1) is 14.8. The van der Waals surface area contributed by atoms with Crippen molar-refractivity contribution in [2.24, 2.45) is 12.8 Å². The van der Waals surface area contributed by atoms with E-state index < -0.39 is 23.7 Å². The van der Waals surface area contributed by atoms with Crippen molar-refractivity contribution >= 4 is 22.8 Å². The lowest BCUT2D eigenvalue weighted by Gasteiger charge is -2.26. The Morgan fingerprint density at radius 2 is 2.00 bits per heavy atom. The summed E-state index contributed by atoms with van der Waals surface area (Å²) in [4.78, 5) is 31.6. The summed E-state index contributed by atoms with van der Waals surface area (Å²) in [7, 11) is 3.18. The third kappa shape index (κ3) is 3.54. The smallest absolute Gasteiger partial charge is 0.255 e. The maximum atomic E-state index is 13.8. The first-order valence-corrected chi connectivity index (χ1v) is 9.48. The van der Waals surface area contributed by atoms with Crippen LogP contribution in [-0.4, -0.2) is 38.5 Å². The van der Waals surface area contributed by atoms with E-state index in [9.17, 15) is 14.0 Å². The number of fused-ring (bicyclic) bond motifs is 1. The Bertz CT molecular complexity index is 1300. The van der Waals surface area contributed by atoms with Crippen LogP contribution in [-0.2, 0) is 11.8 Å².